The molecule has 0 aromatic heterocycles. The number of hydrogen-bond acceptors (Lipinski definition) is 5. The van der Waals surface area contributed by atoms with Crippen LogP contribution in [0, 0.1) is 0 Å². The van der Waals surface area contributed by atoms with Crippen molar-refractivity contribution in [2.75, 3.05) is 58.7 Å². The van der Waals surface area contributed by atoms with Crippen molar-refractivity contribution in [2.45, 2.75) is 0 Å². The van der Waals surface area contributed by atoms with E-state index in [-0.39, 0.29) is 12.4 Å². The number of rotatable bonds is 13. The quantitative estimate of drug-likeness (QED) is 0.289. The Bertz CT molecular complexity index is 757. The molecule has 6 heteroatoms. The van der Waals surface area contributed by atoms with Crippen LogP contribution in [0.2, 0.25) is 0 Å². The van der Waals surface area contributed by atoms with Gasteiger partial charge in [0.25, 0.3) is 0 Å². The number of anilines is 1. The average molecular weight is 400 g/mol. The molecule has 5 nitrogen and oxygen atoms in total. The second-order valence-corrected chi connectivity index (χ2v) is 6.47. The fraction of sp³-hybridized carbons (Fsp3) is 0.348. The zero-order valence-corrected chi connectivity index (χ0v) is 17.0. The van der Waals surface area contributed by atoms with Crippen LogP contribution in [0.3, 0.4) is 0 Å². The van der Waals surface area contributed by atoms with E-state index < -0.39 is 6.67 Å². The third kappa shape index (κ3) is 8.46. The topological polar surface area (TPSA) is 48.0 Å². The lowest BCUT2D eigenvalue weighted by molar-refractivity contribution is 0.0325. The van der Waals surface area contributed by atoms with Crippen LogP contribution < -0.4 is 9.64 Å². The van der Waals surface area contributed by atoms with Crippen LogP contribution in [-0.2, 0) is 9.47 Å². The van der Waals surface area contributed by atoms with Gasteiger partial charge in [0, 0.05) is 25.3 Å². The summed E-state index contributed by atoms with van der Waals surface area (Å²) in [5.41, 5.74) is 2.68. The maximum absolute atomic E-state index is 12.3. The number of benzene rings is 2. The summed E-state index contributed by atoms with van der Waals surface area (Å²) < 4.78 is 27.7. The van der Waals surface area contributed by atoms with Crippen molar-refractivity contribution >= 4 is 17.5 Å². The summed E-state index contributed by atoms with van der Waals surface area (Å²) in [5, 5.41) is 0. The Balaban J connectivity index is 1.73. The monoisotopic (exact) mass is 400 g/mol. The number of carbonyl (C=O) groups is 1. The molecule has 0 fully saturated rings. The first-order chi connectivity index (χ1) is 14.1. The number of ketones is 1. The third-order valence-electron chi connectivity index (χ3n) is 4.07. The molecule has 2 aromatic rings. The van der Waals surface area contributed by atoms with E-state index >= 15 is 0 Å². The van der Waals surface area contributed by atoms with Gasteiger partial charge in [0.2, 0.25) is 0 Å². The zero-order chi connectivity index (χ0) is 20.9. The standard InChI is InChI=1S/C23H28FNO4/c1-25(2)21-8-3-19(4-9-21)5-12-23(26)20-6-10-22(11-7-20)29-18-17-28-16-15-27-14-13-24/h3-12H,13-18H2,1-2H3/b12-5+/i1-1. The van der Waals surface area contributed by atoms with E-state index in [1.165, 1.54) is 0 Å². The van der Waals surface area contributed by atoms with Gasteiger partial charge in [-0.3, -0.25) is 4.79 Å². The lowest BCUT2D eigenvalue weighted by atomic mass is 10.1. The summed E-state index contributed by atoms with van der Waals surface area (Å²) in [7, 11) is 3.97. The SMILES string of the molecule is CN([11CH3])c1ccc(/C=C/C(=O)c2ccc(OCCOCCOCCF)cc2)cc1. The van der Waals surface area contributed by atoms with Crippen molar-refractivity contribution in [1.29, 1.82) is 0 Å². The smallest absolute Gasteiger partial charge is 0.185 e. The number of nitrogens with zero attached hydrogens (tertiary/aromatic N) is 1. The van der Waals surface area contributed by atoms with Gasteiger partial charge in [0.15, 0.2) is 5.78 Å². The molecule has 2 rings (SSSR count). The average Bonchev–Trinajstić information content (AvgIpc) is 2.74. The van der Waals surface area contributed by atoms with E-state index in [4.69, 9.17) is 14.2 Å². The van der Waals surface area contributed by atoms with Crippen LogP contribution in [0.4, 0.5) is 10.1 Å². The molecule has 2 aromatic carbocycles. The molecule has 0 spiro atoms. The summed E-state index contributed by atoms with van der Waals surface area (Å²) in [6, 6.07) is 15.0. The first-order valence-electron chi connectivity index (χ1n) is 9.54. The maximum atomic E-state index is 12.3. The Hall–Kier alpha value is -2.70. The molecule has 0 aliphatic heterocycles. The van der Waals surface area contributed by atoms with Crippen molar-refractivity contribution in [3.8, 4) is 5.75 Å². The second kappa shape index (κ2) is 12.7. The van der Waals surface area contributed by atoms with Gasteiger partial charge in [-0.05, 0) is 48.0 Å². The molecule has 0 aliphatic carbocycles. The summed E-state index contributed by atoms with van der Waals surface area (Å²) in [6.07, 6.45) is 3.38. The minimum Gasteiger partial charge on any atom is -0.491 e. The predicted octanol–water partition coefficient (Wildman–Crippen LogP) is 4.03. The van der Waals surface area contributed by atoms with E-state index in [1.807, 2.05) is 43.3 Å². The van der Waals surface area contributed by atoms with Crippen LogP contribution >= 0.6 is 0 Å². The van der Waals surface area contributed by atoms with Gasteiger partial charge >= 0.3 is 0 Å². The van der Waals surface area contributed by atoms with Crippen molar-refractivity contribution in [2.24, 2.45) is 0 Å². The van der Waals surface area contributed by atoms with Gasteiger partial charge in [-0.1, -0.05) is 18.2 Å². The molecule has 156 valence electrons. The van der Waals surface area contributed by atoms with Gasteiger partial charge in [0.05, 0.1) is 26.4 Å². The highest BCUT2D eigenvalue weighted by molar-refractivity contribution is 6.06. The van der Waals surface area contributed by atoms with Gasteiger partial charge in [-0.2, -0.15) is 0 Å². The largest absolute Gasteiger partial charge is 0.491 e. The highest BCUT2D eigenvalue weighted by Crippen LogP contribution is 2.15. The Morgan fingerprint density at radius 2 is 1.52 bits per heavy atom. The van der Waals surface area contributed by atoms with Crippen molar-refractivity contribution in [3.05, 3.63) is 65.7 Å². The highest BCUT2D eigenvalue weighted by Gasteiger charge is 2.03. The fourth-order valence-corrected chi connectivity index (χ4v) is 2.46. The Morgan fingerprint density at radius 3 is 2.14 bits per heavy atom. The molecule has 0 atom stereocenters. The molecule has 0 saturated carbocycles. The number of halogens is 1. The molecule has 0 unspecified atom stereocenters. The molecule has 0 aliphatic rings. The van der Waals surface area contributed by atoms with Crippen LogP contribution in [0.25, 0.3) is 6.08 Å². The minimum atomic E-state index is -0.485. The van der Waals surface area contributed by atoms with Gasteiger partial charge < -0.3 is 19.1 Å². The summed E-state index contributed by atoms with van der Waals surface area (Å²) in [6.45, 7) is 1.19. The van der Waals surface area contributed by atoms with Gasteiger partial charge in [-0.25, -0.2) is 4.39 Å². The number of ether oxygens (including phenoxy) is 3. The molecule has 0 radical (unpaired) electrons. The second-order valence-electron chi connectivity index (χ2n) is 6.47. The maximum Gasteiger partial charge on any atom is 0.185 e. The van der Waals surface area contributed by atoms with Crippen molar-refractivity contribution in [1.82, 2.24) is 0 Å². The van der Waals surface area contributed by atoms with Crippen LogP contribution in [-0.4, -0.2) is 59.6 Å². The van der Waals surface area contributed by atoms with E-state index in [0.717, 1.165) is 11.3 Å². The first-order valence-corrected chi connectivity index (χ1v) is 9.54. The van der Waals surface area contributed by atoms with Crippen LogP contribution in [0.15, 0.2) is 54.6 Å². The number of carbonyl (C=O) groups excluding carboxylic acids is 1. The Morgan fingerprint density at radius 1 is 0.897 bits per heavy atom. The molecule has 0 amide bonds. The lowest BCUT2D eigenvalue weighted by Gasteiger charge is -2.11. The Kier molecular flexibility index (Phi) is 9.89. The summed E-state index contributed by atoms with van der Waals surface area (Å²) in [5.74, 6) is 0.604. The normalized spacial score (nSPS) is 11.0. The Labute approximate surface area is 171 Å². The number of allylic oxidation sites excluding steroid dienone is 1. The zero-order valence-electron chi connectivity index (χ0n) is 17.0. The first kappa shape index (κ1) is 22.6. The number of alkyl halides is 1. The van der Waals surface area contributed by atoms with Crippen LogP contribution in [0.1, 0.15) is 15.9 Å². The molecular weight excluding hydrogens is 372 g/mol. The van der Waals surface area contributed by atoms with Crippen LogP contribution in [0.5, 0.6) is 5.75 Å². The highest BCUT2D eigenvalue weighted by atomic mass is 19.1. The summed E-state index contributed by atoms with van der Waals surface area (Å²) in [4.78, 5) is 14.3. The van der Waals surface area contributed by atoms with E-state index in [1.54, 1.807) is 36.4 Å². The molecule has 0 bridgehead atoms. The van der Waals surface area contributed by atoms with E-state index in [0.29, 0.717) is 37.7 Å². The lowest BCUT2D eigenvalue weighted by Crippen LogP contribution is -2.11. The summed E-state index contributed by atoms with van der Waals surface area (Å²) >= 11 is 0. The third-order valence-corrected chi connectivity index (χ3v) is 4.07. The van der Waals surface area contributed by atoms with Crippen molar-refractivity contribution < 1.29 is 23.4 Å². The molecule has 0 N–H and O–H groups in total. The molecule has 0 heterocycles. The fourth-order valence-electron chi connectivity index (χ4n) is 2.46. The molecule has 0 saturated heterocycles. The molecule has 29 heavy (non-hydrogen) atoms. The predicted molar refractivity (Wildman–Crippen MR) is 114 cm³/mol. The van der Waals surface area contributed by atoms with E-state index in [9.17, 15) is 9.18 Å². The van der Waals surface area contributed by atoms with Gasteiger partial charge in [-0.15, -0.1) is 0 Å². The minimum absolute atomic E-state index is 0.0650. The number of hydrogen-bond donors (Lipinski definition) is 0. The van der Waals surface area contributed by atoms with Gasteiger partial charge in [0.1, 0.15) is 19.0 Å². The molecular formula is C23H28FNO4. The van der Waals surface area contributed by atoms with Crippen molar-refractivity contribution in [3.63, 3.8) is 0 Å². The van der Waals surface area contributed by atoms with E-state index in [2.05, 4.69) is 0 Å².